The van der Waals surface area contributed by atoms with Crippen LogP contribution < -0.4 is 4.40 Å². The Kier molecular flexibility index (Phi) is 12.6. The summed E-state index contributed by atoms with van der Waals surface area (Å²) in [4.78, 5) is 14.6. The Morgan fingerprint density at radius 1 is 0.758 bits per heavy atom. The summed E-state index contributed by atoms with van der Waals surface area (Å²) in [6, 6.07) is 51.0. The van der Waals surface area contributed by atoms with Crippen molar-refractivity contribution in [1.82, 2.24) is 19.5 Å². The van der Waals surface area contributed by atoms with Gasteiger partial charge in [-0.25, -0.2) is 4.98 Å². The Balaban J connectivity index is 0.000000196. The third kappa shape index (κ3) is 8.88. The molecule has 4 aromatic heterocycles. The predicted octanol–water partition coefficient (Wildman–Crippen LogP) is 13.9. The molecule has 0 amide bonds. The fraction of sp³-hybridized carbons (Fsp3) is 0.255. The van der Waals surface area contributed by atoms with Crippen molar-refractivity contribution in [2.24, 2.45) is 5.92 Å². The molecule has 62 heavy (non-hydrogen) atoms. The molecule has 1 aliphatic rings. The van der Waals surface area contributed by atoms with E-state index < -0.39 is 13.3 Å². The second kappa shape index (κ2) is 17.9. The van der Waals surface area contributed by atoms with Gasteiger partial charge in [0, 0.05) is 36.9 Å². The molecule has 4 heterocycles. The van der Waals surface area contributed by atoms with E-state index in [0.717, 1.165) is 67.3 Å². The van der Waals surface area contributed by atoms with Gasteiger partial charge in [0.05, 0.1) is 22.4 Å². The van der Waals surface area contributed by atoms with Crippen LogP contribution in [-0.4, -0.2) is 32.8 Å². The SMILES string of the molecule is Cc1ccc2c(n1)oc1c(-c3nc4ccccc4n3-c3ccc(-c4ccccc4)cc3C(C)(C)C)[c-]ccc12.[CH3][Ge]([CH3])([CH3])[c]1cnc(-c2[c-]cccc2)cc1CC1CCCC1.[Ir]. The second-order valence-corrected chi connectivity index (χ2v) is 29.3. The number of furan rings is 1. The molecule has 0 aliphatic heterocycles. The molecular formula is C55H54GeIrN4O-2. The largest absolute Gasteiger partial charge is 0 e. The molecule has 0 spiro atoms. The Labute approximate surface area is 382 Å². The normalized spacial score (nSPS) is 13.3. The molecule has 0 unspecified atom stereocenters. The molecule has 0 N–H and O–H groups in total. The van der Waals surface area contributed by atoms with Crippen molar-refractivity contribution < 1.29 is 24.5 Å². The summed E-state index contributed by atoms with van der Waals surface area (Å²) >= 11 is -1.87. The van der Waals surface area contributed by atoms with Crippen LogP contribution in [0.3, 0.4) is 0 Å². The molecule has 10 rings (SSSR count). The Bertz CT molecular complexity index is 2990. The summed E-state index contributed by atoms with van der Waals surface area (Å²) in [6.07, 6.45) is 9.08. The Hall–Kier alpha value is -5.14. The molecule has 9 aromatic rings. The number of aryl methyl sites for hydroxylation is 1. The van der Waals surface area contributed by atoms with E-state index in [2.05, 4.69) is 157 Å². The van der Waals surface area contributed by atoms with E-state index in [4.69, 9.17) is 14.4 Å². The van der Waals surface area contributed by atoms with Crippen LogP contribution in [0.25, 0.3) is 72.6 Å². The van der Waals surface area contributed by atoms with Gasteiger partial charge in [0.25, 0.3) is 0 Å². The number of rotatable bonds is 7. The smallest absolute Gasteiger partial charge is 0 e. The zero-order valence-electron chi connectivity index (χ0n) is 36.8. The fourth-order valence-electron chi connectivity index (χ4n) is 9.03. The zero-order valence-corrected chi connectivity index (χ0v) is 41.3. The van der Waals surface area contributed by atoms with Crippen molar-refractivity contribution in [2.75, 3.05) is 0 Å². The first kappa shape index (κ1) is 43.5. The number of imidazole rings is 1. The van der Waals surface area contributed by atoms with Gasteiger partial charge in [0.2, 0.25) is 5.71 Å². The minimum Gasteiger partial charge on any atom is 0 e. The monoisotopic (exact) mass is 1050 g/mol. The molecule has 0 bridgehead atoms. The van der Waals surface area contributed by atoms with Crippen LogP contribution in [0.2, 0.25) is 17.3 Å². The topological polar surface area (TPSA) is 56.7 Å². The number of aromatic nitrogens is 4. The summed E-state index contributed by atoms with van der Waals surface area (Å²) < 4.78 is 10.2. The van der Waals surface area contributed by atoms with Crippen molar-refractivity contribution >= 4 is 50.8 Å². The van der Waals surface area contributed by atoms with E-state index >= 15 is 0 Å². The van der Waals surface area contributed by atoms with E-state index in [-0.39, 0.29) is 25.5 Å². The van der Waals surface area contributed by atoms with Crippen LogP contribution in [0.5, 0.6) is 0 Å². The summed E-state index contributed by atoms with van der Waals surface area (Å²) in [5, 5.41) is 2.01. The first-order valence-electron chi connectivity index (χ1n) is 21.8. The van der Waals surface area contributed by atoms with Crippen molar-refractivity contribution in [3.8, 4) is 39.5 Å². The van der Waals surface area contributed by atoms with Crippen LogP contribution in [0.15, 0.2) is 138 Å². The molecule has 5 nitrogen and oxygen atoms in total. The Morgan fingerprint density at radius 3 is 2.26 bits per heavy atom. The van der Waals surface area contributed by atoms with Gasteiger partial charge in [0.15, 0.2) is 0 Å². The van der Waals surface area contributed by atoms with Gasteiger partial charge in [-0.15, -0.1) is 18.2 Å². The number of benzene rings is 5. The number of para-hydroxylation sites is 2. The summed E-state index contributed by atoms with van der Waals surface area (Å²) in [6.45, 7) is 8.77. The van der Waals surface area contributed by atoms with Crippen LogP contribution in [0.4, 0.5) is 0 Å². The van der Waals surface area contributed by atoms with Crippen LogP contribution in [0.1, 0.15) is 63.3 Å². The van der Waals surface area contributed by atoms with E-state index in [0.29, 0.717) is 5.71 Å². The average Bonchev–Trinajstić information content (AvgIpc) is 4.01. The van der Waals surface area contributed by atoms with Gasteiger partial charge in [-0.3, -0.25) is 4.98 Å². The molecular weight excluding hydrogens is 997 g/mol. The molecule has 0 atom stereocenters. The predicted molar refractivity (Wildman–Crippen MR) is 256 cm³/mol. The minimum absolute atomic E-state index is 0. The summed E-state index contributed by atoms with van der Waals surface area (Å²) in [7, 11) is 0. The van der Waals surface area contributed by atoms with Gasteiger partial charge in [0.1, 0.15) is 0 Å². The van der Waals surface area contributed by atoms with Crippen LogP contribution >= 0.6 is 0 Å². The van der Waals surface area contributed by atoms with Gasteiger partial charge in [-0.05, 0) is 65.4 Å². The van der Waals surface area contributed by atoms with Gasteiger partial charge in [-0.2, -0.15) is 0 Å². The third-order valence-corrected chi connectivity index (χ3v) is 16.5. The summed E-state index contributed by atoms with van der Waals surface area (Å²) in [5.74, 6) is 9.12. The van der Waals surface area contributed by atoms with E-state index in [1.807, 2.05) is 43.3 Å². The second-order valence-electron chi connectivity index (χ2n) is 18.7. The molecule has 0 saturated heterocycles. The van der Waals surface area contributed by atoms with Gasteiger partial charge < -0.3 is 8.98 Å². The summed E-state index contributed by atoms with van der Waals surface area (Å²) in [5.41, 5.74) is 13.5. The average molecular weight is 1050 g/mol. The van der Waals surface area contributed by atoms with E-state index in [1.165, 1.54) is 48.8 Å². The first-order valence-corrected chi connectivity index (χ1v) is 29.1. The number of hydrogen-bond acceptors (Lipinski definition) is 4. The molecule has 315 valence electrons. The quantitative estimate of drug-likeness (QED) is 0.118. The maximum atomic E-state index is 6.38. The van der Waals surface area contributed by atoms with Crippen molar-refractivity contribution in [3.05, 3.63) is 163 Å². The molecule has 1 radical (unpaired) electrons. The fourth-order valence-corrected chi connectivity index (χ4v) is 12.4. The molecule has 1 fully saturated rings. The van der Waals surface area contributed by atoms with Gasteiger partial charge >= 0.3 is 137 Å². The third-order valence-electron chi connectivity index (χ3n) is 12.1. The van der Waals surface area contributed by atoms with Gasteiger partial charge in [-0.1, -0.05) is 80.3 Å². The van der Waals surface area contributed by atoms with E-state index in [1.54, 1.807) is 9.96 Å². The standard InChI is InChI=1S/C35H28N3O.C20H26GeN.Ir/c1-22-17-19-26-25-13-10-14-27(32(25)39-34(26)36-22)33-37-29-15-8-9-16-31(29)38(33)30-20-18-24(21-28(30)35(2,3)4)23-11-6-5-7-12-23;1-21(2,3)19-15-22-20(17-11-5-4-6-12-17)14-18(19)13-16-9-7-8-10-16;/h5-13,15-21H,1-4H3;4-6,11,14-16H,7-10,13H2,1-3H3;/q2*-1;. The zero-order chi connectivity index (χ0) is 42.3. The van der Waals surface area contributed by atoms with Crippen LogP contribution in [0, 0.1) is 25.0 Å². The maximum absolute atomic E-state index is 6.38. The number of nitrogens with zero attached hydrogens (tertiary/aromatic N) is 4. The van der Waals surface area contributed by atoms with Crippen LogP contribution in [-0.2, 0) is 31.9 Å². The first-order chi connectivity index (χ1) is 29.4. The van der Waals surface area contributed by atoms with Crippen molar-refractivity contribution in [2.45, 2.75) is 82.5 Å². The van der Waals surface area contributed by atoms with E-state index in [9.17, 15) is 0 Å². The minimum atomic E-state index is -1.87. The number of fused-ring (bicyclic) bond motifs is 4. The molecule has 5 aromatic carbocycles. The Morgan fingerprint density at radius 2 is 1.52 bits per heavy atom. The maximum Gasteiger partial charge on any atom is 0 e. The molecule has 1 aliphatic carbocycles. The molecule has 1 saturated carbocycles. The van der Waals surface area contributed by atoms with Crippen molar-refractivity contribution in [3.63, 3.8) is 0 Å². The number of pyridine rings is 2. The van der Waals surface area contributed by atoms with Crippen molar-refractivity contribution in [1.29, 1.82) is 0 Å². The molecule has 7 heteroatoms. The number of hydrogen-bond donors (Lipinski definition) is 0.